The van der Waals surface area contributed by atoms with E-state index in [1.807, 2.05) is 48.3 Å². The van der Waals surface area contributed by atoms with E-state index in [4.69, 9.17) is 5.41 Å². The standard InChI is InChI=1S/C28H33FN4O/c1-19-13-22(7-8-26(19)29)25(21-5-6-21)17-27(34)23-14-20(18-33-12-11-31(2)28(33)30)15-24(16-23)32-9-3-4-10-32/h7-8,11-16,21,25,30H,3-6,9-10,17-18H2,1-2H3/t25-/m0/s1. The number of carbonyl (C=O) groups is 1. The Morgan fingerprint density at radius 1 is 1.12 bits per heavy atom. The second kappa shape index (κ2) is 9.24. The number of carbonyl (C=O) groups excluding carboxylic acids is 1. The molecule has 1 atom stereocenters. The number of nitrogens with zero attached hydrogens (tertiary/aromatic N) is 3. The molecule has 34 heavy (non-hydrogen) atoms. The molecule has 1 aliphatic heterocycles. The number of Topliss-reactive ketones (excluding diaryl/α,β-unsaturated/α-hetero) is 1. The average molecular weight is 461 g/mol. The van der Waals surface area contributed by atoms with Crippen LogP contribution in [0.15, 0.2) is 48.8 Å². The molecule has 0 unspecified atom stereocenters. The van der Waals surface area contributed by atoms with Crippen molar-refractivity contribution in [1.29, 1.82) is 5.41 Å². The molecule has 178 valence electrons. The minimum Gasteiger partial charge on any atom is -0.372 e. The van der Waals surface area contributed by atoms with Crippen LogP contribution in [0.4, 0.5) is 10.1 Å². The zero-order valence-electron chi connectivity index (χ0n) is 20.1. The van der Waals surface area contributed by atoms with Gasteiger partial charge in [0.15, 0.2) is 5.78 Å². The van der Waals surface area contributed by atoms with E-state index in [-0.39, 0.29) is 17.5 Å². The fraction of sp³-hybridized carbons (Fsp3) is 0.429. The first-order valence-electron chi connectivity index (χ1n) is 12.3. The Morgan fingerprint density at radius 3 is 2.53 bits per heavy atom. The van der Waals surface area contributed by atoms with E-state index in [1.165, 1.54) is 18.9 Å². The zero-order chi connectivity index (χ0) is 23.8. The molecule has 0 radical (unpaired) electrons. The highest BCUT2D eigenvalue weighted by Crippen LogP contribution is 2.45. The van der Waals surface area contributed by atoms with E-state index in [0.717, 1.165) is 48.3 Å². The van der Waals surface area contributed by atoms with Crippen molar-refractivity contribution in [3.05, 3.63) is 82.5 Å². The highest BCUT2D eigenvalue weighted by molar-refractivity contribution is 5.97. The summed E-state index contributed by atoms with van der Waals surface area (Å²) in [5.74, 6) is 0.583. The quantitative estimate of drug-likeness (QED) is 0.472. The summed E-state index contributed by atoms with van der Waals surface area (Å²) < 4.78 is 17.5. The molecule has 1 saturated heterocycles. The van der Waals surface area contributed by atoms with Gasteiger partial charge in [-0.05, 0) is 85.4 Å². The molecule has 0 spiro atoms. The summed E-state index contributed by atoms with van der Waals surface area (Å²) in [4.78, 5) is 16.0. The summed E-state index contributed by atoms with van der Waals surface area (Å²) >= 11 is 0. The van der Waals surface area contributed by atoms with E-state index in [1.54, 1.807) is 11.5 Å². The van der Waals surface area contributed by atoms with Crippen molar-refractivity contribution in [2.45, 2.75) is 51.5 Å². The number of halogens is 1. The van der Waals surface area contributed by atoms with Crippen molar-refractivity contribution in [1.82, 2.24) is 9.13 Å². The molecule has 0 amide bonds. The number of aryl methyl sites for hydroxylation is 2. The first-order chi connectivity index (χ1) is 16.4. The minimum atomic E-state index is -0.195. The second-order valence-electron chi connectivity index (χ2n) is 10.0. The van der Waals surface area contributed by atoms with Crippen molar-refractivity contribution in [2.24, 2.45) is 13.0 Å². The number of hydrogen-bond donors (Lipinski definition) is 1. The van der Waals surface area contributed by atoms with Crippen LogP contribution in [0.3, 0.4) is 0 Å². The van der Waals surface area contributed by atoms with Crippen LogP contribution < -0.4 is 10.5 Å². The predicted molar refractivity (Wildman–Crippen MR) is 132 cm³/mol. The second-order valence-corrected chi connectivity index (χ2v) is 10.0. The van der Waals surface area contributed by atoms with Crippen LogP contribution in [0.2, 0.25) is 0 Å². The smallest absolute Gasteiger partial charge is 0.202 e. The number of benzene rings is 2. The van der Waals surface area contributed by atoms with Gasteiger partial charge >= 0.3 is 0 Å². The van der Waals surface area contributed by atoms with Gasteiger partial charge in [-0.2, -0.15) is 0 Å². The first kappa shape index (κ1) is 22.6. The number of anilines is 1. The van der Waals surface area contributed by atoms with Gasteiger partial charge in [-0.25, -0.2) is 4.39 Å². The molecule has 5 nitrogen and oxygen atoms in total. The molecule has 1 saturated carbocycles. The van der Waals surface area contributed by atoms with E-state index in [0.29, 0.717) is 30.1 Å². The van der Waals surface area contributed by atoms with Crippen molar-refractivity contribution < 1.29 is 9.18 Å². The third-order valence-electron chi connectivity index (χ3n) is 7.41. The van der Waals surface area contributed by atoms with Gasteiger partial charge in [0.05, 0.1) is 6.54 Å². The van der Waals surface area contributed by atoms with E-state index in [2.05, 4.69) is 11.0 Å². The number of hydrogen-bond acceptors (Lipinski definition) is 3. The fourth-order valence-corrected chi connectivity index (χ4v) is 5.20. The molecule has 5 rings (SSSR count). The van der Waals surface area contributed by atoms with Gasteiger partial charge in [-0.3, -0.25) is 10.2 Å². The van der Waals surface area contributed by atoms with Gasteiger partial charge < -0.3 is 14.0 Å². The lowest BCUT2D eigenvalue weighted by Gasteiger charge is -2.21. The zero-order valence-corrected chi connectivity index (χ0v) is 20.1. The third kappa shape index (κ3) is 4.72. The van der Waals surface area contributed by atoms with Crippen LogP contribution in [0.25, 0.3) is 0 Å². The lowest BCUT2D eigenvalue weighted by Crippen LogP contribution is -2.23. The first-order valence-corrected chi connectivity index (χ1v) is 12.3. The van der Waals surface area contributed by atoms with Crippen molar-refractivity contribution in [3.8, 4) is 0 Å². The molecule has 0 bridgehead atoms. The van der Waals surface area contributed by atoms with Crippen LogP contribution in [0.1, 0.15) is 65.1 Å². The molecule has 2 aliphatic rings. The van der Waals surface area contributed by atoms with Gasteiger partial charge in [0.2, 0.25) is 5.62 Å². The van der Waals surface area contributed by atoms with E-state index in [9.17, 15) is 9.18 Å². The Morgan fingerprint density at radius 2 is 1.88 bits per heavy atom. The molecule has 2 heterocycles. The van der Waals surface area contributed by atoms with Crippen LogP contribution >= 0.6 is 0 Å². The van der Waals surface area contributed by atoms with E-state index >= 15 is 0 Å². The summed E-state index contributed by atoms with van der Waals surface area (Å²) in [7, 11) is 1.86. The highest BCUT2D eigenvalue weighted by atomic mass is 19.1. The summed E-state index contributed by atoms with van der Waals surface area (Å²) in [6, 6.07) is 11.5. The van der Waals surface area contributed by atoms with Crippen molar-refractivity contribution >= 4 is 11.5 Å². The summed E-state index contributed by atoms with van der Waals surface area (Å²) in [6.07, 6.45) is 8.84. The summed E-state index contributed by atoms with van der Waals surface area (Å²) in [5, 5.41) is 8.28. The van der Waals surface area contributed by atoms with Gasteiger partial charge in [0.1, 0.15) is 5.82 Å². The fourth-order valence-electron chi connectivity index (χ4n) is 5.20. The van der Waals surface area contributed by atoms with Crippen LogP contribution in [-0.2, 0) is 13.6 Å². The van der Waals surface area contributed by atoms with Gasteiger partial charge in [0, 0.05) is 50.2 Å². The molecule has 6 heteroatoms. The molecule has 1 aromatic heterocycles. The molecule has 1 aliphatic carbocycles. The predicted octanol–water partition coefficient (Wildman–Crippen LogP) is 5.17. The Hall–Kier alpha value is -3.15. The molecule has 3 aromatic rings. The molecule has 2 aromatic carbocycles. The Labute approximate surface area is 200 Å². The van der Waals surface area contributed by atoms with E-state index < -0.39 is 0 Å². The largest absolute Gasteiger partial charge is 0.372 e. The molecule has 1 N–H and O–H groups in total. The average Bonchev–Trinajstić information content (AvgIpc) is 3.43. The van der Waals surface area contributed by atoms with Crippen LogP contribution in [-0.4, -0.2) is 28.0 Å². The number of nitrogens with one attached hydrogen (secondary N) is 1. The highest BCUT2D eigenvalue weighted by Gasteiger charge is 2.34. The molecular weight excluding hydrogens is 427 g/mol. The Kier molecular flexibility index (Phi) is 6.15. The summed E-state index contributed by atoms with van der Waals surface area (Å²) in [6.45, 7) is 4.38. The minimum absolute atomic E-state index is 0.133. The third-order valence-corrected chi connectivity index (χ3v) is 7.41. The summed E-state index contributed by atoms with van der Waals surface area (Å²) in [5.41, 5.74) is 5.02. The van der Waals surface area contributed by atoms with Gasteiger partial charge in [0.25, 0.3) is 0 Å². The monoisotopic (exact) mass is 460 g/mol. The Balaban J connectivity index is 1.45. The topological polar surface area (TPSA) is 54.0 Å². The van der Waals surface area contributed by atoms with Gasteiger partial charge in [-0.1, -0.05) is 12.1 Å². The Bertz CT molecular complexity index is 1260. The number of imidazole rings is 1. The maximum atomic E-state index is 13.9. The number of rotatable bonds is 8. The lowest BCUT2D eigenvalue weighted by molar-refractivity contribution is 0.0970. The number of ketones is 1. The SMILES string of the molecule is Cc1cc([C@@H](CC(=O)c2cc(Cn3ccn(C)c3=N)cc(N3CCCC3)c2)C2CC2)ccc1F. The van der Waals surface area contributed by atoms with Crippen molar-refractivity contribution in [3.63, 3.8) is 0 Å². The maximum absolute atomic E-state index is 13.9. The molecular formula is C28H33FN4O. The lowest BCUT2D eigenvalue weighted by atomic mass is 9.86. The molecule has 2 fully saturated rings. The van der Waals surface area contributed by atoms with Crippen LogP contribution in [0, 0.1) is 24.1 Å². The van der Waals surface area contributed by atoms with Crippen LogP contribution in [0.5, 0.6) is 0 Å². The normalized spacial score (nSPS) is 16.7. The van der Waals surface area contributed by atoms with Gasteiger partial charge in [-0.15, -0.1) is 0 Å². The maximum Gasteiger partial charge on any atom is 0.202 e. The number of aromatic nitrogens is 2. The van der Waals surface area contributed by atoms with Crippen molar-refractivity contribution in [2.75, 3.05) is 18.0 Å².